The van der Waals surface area contributed by atoms with E-state index in [1.807, 2.05) is 0 Å². The third kappa shape index (κ3) is 3.85. The minimum Gasteiger partial charge on any atom is -0.329 e. The fourth-order valence-electron chi connectivity index (χ4n) is 3.30. The number of hydrogen-bond donors (Lipinski definition) is 1. The standard InChI is InChI=1S/C18H31N3/c1-14-6-7-15(2)16(12-14)17(13-19)20-8-10-21(11-9-20)18(3,4)5/h6-7,12,17H,8-11,13,19H2,1-5H3. The molecule has 0 radical (unpaired) electrons. The zero-order valence-corrected chi connectivity index (χ0v) is 14.3. The molecular weight excluding hydrogens is 258 g/mol. The summed E-state index contributed by atoms with van der Waals surface area (Å²) in [5.41, 5.74) is 10.5. The number of rotatable bonds is 3. The van der Waals surface area contributed by atoms with Gasteiger partial charge in [-0.1, -0.05) is 23.8 Å². The van der Waals surface area contributed by atoms with E-state index in [2.05, 4.69) is 62.6 Å². The summed E-state index contributed by atoms with van der Waals surface area (Å²) in [6.45, 7) is 16.4. The van der Waals surface area contributed by atoms with Gasteiger partial charge >= 0.3 is 0 Å². The van der Waals surface area contributed by atoms with Crippen LogP contribution in [0.1, 0.15) is 43.5 Å². The van der Waals surface area contributed by atoms with Gasteiger partial charge in [0.2, 0.25) is 0 Å². The van der Waals surface area contributed by atoms with Gasteiger partial charge in [0.15, 0.2) is 0 Å². The lowest BCUT2D eigenvalue weighted by Crippen LogP contribution is -2.54. The number of nitrogens with two attached hydrogens (primary N) is 1. The van der Waals surface area contributed by atoms with Crippen molar-refractivity contribution in [1.82, 2.24) is 9.80 Å². The second-order valence-electron chi connectivity index (χ2n) is 7.31. The van der Waals surface area contributed by atoms with Crippen LogP contribution in [0.5, 0.6) is 0 Å². The van der Waals surface area contributed by atoms with Gasteiger partial charge in [-0.25, -0.2) is 0 Å². The summed E-state index contributed by atoms with van der Waals surface area (Å²) in [5.74, 6) is 0. The molecule has 1 heterocycles. The monoisotopic (exact) mass is 289 g/mol. The van der Waals surface area contributed by atoms with Crippen molar-refractivity contribution in [2.45, 2.75) is 46.2 Å². The molecule has 1 aromatic carbocycles. The van der Waals surface area contributed by atoms with Gasteiger partial charge in [-0.2, -0.15) is 0 Å². The Morgan fingerprint density at radius 1 is 1.10 bits per heavy atom. The maximum absolute atomic E-state index is 6.12. The third-order valence-electron chi connectivity index (χ3n) is 4.72. The Balaban J connectivity index is 2.11. The number of piperazine rings is 1. The van der Waals surface area contributed by atoms with Crippen LogP contribution in [0.15, 0.2) is 18.2 Å². The first-order valence-corrected chi connectivity index (χ1v) is 8.09. The molecule has 21 heavy (non-hydrogen) atoms. The molecule has 2 rings (SSSR count). The molecule has 3 nitrogen and oxygen atoms in total. The summed E-state index contributed by atoms with van der Waals surface area (Å²) >= 11 is 0. The molecule has 1 saturated heterocycles. The van der Waals surface area contributed by atoms with E-state index in [1.165, 1.54) is 16.7 Å². The van der Waals surface area contributed by atoms with E-state index in [1.54, 1.807) is 0 Å². The smallest absolute Gasteiger partial charge is 0.0474 e. The number of benzene rings is 1. The lowest BCUT2D eigenvalue weighted by atomic mass is 9.96. The Morgan fingerprint density at radius 2 is 1.71 bits per heavy atom. The van der Waals surface area contributed by atoms with Crippen molar-refractivity contribution < 1.29 is 0 Å². The number of hydrogen-bond acceptors (Lipinski definition) is 3. The molecule has 1 unspecified atom stereocenters. The van der Waals surface area contributed by atoms with Crippen LogP contribution in [-0.2, 0) is 0 Å². The highest BCUT2D eigenvalue weighted by molar-refractivity contribution is 5.33. The van der Waals surface area contributed by atoms with Crippen LogP contribution in [0.25, 0.3) is 0 Å². The van der Waals surface area contributed by atoms with Gasteiger partial charge in [0.05, 0.1) is 0 Å². The molecule has 118 valence electrons. The predicted octanol–water partition coefficient (Wildman–Crippen LogP) is 2.72. The zero-order valence-electron chi connectivity index (χ0n) is 14.3. The van der Waals surface area contributed by atoms with Crippen LogP contribution in [0.2, 0.25) is 0 Å². The maximum Gasteiger partial charge on any atom is 0.0474 e. The minimum absolute atomic E-state index is 0.267. The number of nitrogens with zero attached hydrogens (tertiary/aromatic N) is 2. The highest BCUT2D eigenvalue weighted by Crippen LogP contribution is 2.26. The molecule has 3 heteroatoms. The van der Waals surface area contributed by atoms with E-state index in [-0.39, 0.29) is 5.54 Å². The molecule has 1 aliphatic rings. The lowest BCUT2D eigenvalue weighted by molar-refractivity contribution is 0.0432. The van der Waals surface area contributed by atoms with Crippen molar-refractivity contribution >= 4 is 0 Å². The Kier molecular flexibility index (Phi) is 5.07. The predicted molar refractivity (Wildman–Crippen MR) is 90.6 cm³/mol. The van der Waals surface area contributed by atoms with Crippen LogP contribution in [0, 0.1) is 13.8 Å². The summed E-state index contributed by atoms with van der Waals surface area (Å²) in [6.07, 6.45) is 0. The van der Waals surface area contributed by atoms with Gasteiger partial charge in [0.1, 0.15) is 0 Å². The molecule has 0 spiro atoms. The van der Waals surface area contributed by atoms with Crippen LogP contribution in [0.3, 0.4) is 0 Å². The summed E-state index contributed by atoms with van der Waals surface area (Å²) in [6, 6.07) is 7.07. The third-order valence-corrected chi connectivity index (χ3v) is 4.72. The van der Waals surface area contributed by atoms with E-state index in [0.717, 1.165) is 26.2 Å². The summed E-state index contributed by atoms with van der Waals surface area (Å²) < 4.78 is 0. The second kappa shape index (κ2) is 6.47. The highest BCUT2D eigenvalue weighted by Gasteiger charge is 2.29. The molecular formula is C18H31N3. The Labute approximate surface area is 130 Å². The SMILES string of the molecule is Cc1ccc(C)c(C(CN)N2CCN(C(C)(C)C)CC2)c1. The molecule has 1 aromatic rings. The van der Waals surface area contributed by atoms with Gasteiger partial charge < -0.3 is 5.73 Å². The quantitative estimate of drug-likeness (QED) is 0.928. The van der Waals surface area contributed by atoms with E-state index < -0.39 is 0 Å². The van der Waals surface area contributed by atoms with Crippen molar-refractivity contribution in [1.29, 1.82) is 0 Å². The molecule has 0 bridgehead atoms. The van der Waals surface area contributed by atoms with Crippen molar-refractivity contribution in [2.24, 2.45) is 5.73 Å². The average Bonchev–Trinajstić information content (AvgIpc) is 2.43. The molecule has 0 aliphatic carbocycles. The zero-order chi connectivity index (χ0) is 15.6. The first kappa shape index (κ1) is 16.5. The van der Waals surface area contributed by atoms with Crippen molar-refractivity contribution in [3.8, 4) is 0 Å². The fraction of sp³-hybridized carbons (Fsp3) is 0.667. The summed E-state index contributed by atoms with van der Waals surface area (Å²) in [4.78, 5) is 5.13. The first-order chi connectivity index (χ1) is 9.82. The minimum atomic E-state index is 0.267. The summed E-state index contributed by atoms with van der Waals surface area (Å²) in [7, 11) is 0. The largest absolute Gasteiger partial charge is 0.329 e. The molecule has 2 N–H and O–H groups in total. The van der Waals surface area contributed by atoms with Crippen molar-refractivity contribution in [3.63, 3.8) is 0 Å². The van der Waals surface area contributed by atoms with Gasteiger partial charge in [-0.05, 0) is 45.7 Å². The average molecular weight is 289 g/mol. The maximum atomic E-state index is 6.12. The van der Waals surface area contributed by atoms with Crippen molar-refractivity contribution in [2.75, 3.05) is 32.7 Å². The molecule has 1 fully saturated rings. The van der Waals surface area contributed by atoms with Crippen LogP contribution < -0.4 is 5.73 Å². The Hall–Kier alpha value is -0.900. The highest BCUT2D eigenvalue weighted by atomic mass is 15.3. The summed E-state index contributed by atoms with van der Waals surface area (Å²) in [5, 5.41) is 0. The fourth-order valence-corrected chi connectivity index (χ4v) is 3.30. The molecule has 0 aromatic heterocycles. The van der Waals surface area contributed by atoms with E-state index in [0.29, 0.717) is 12.6 Å². The second-order valence-corrected chi connectivity index (χ2v) is 7.31. The number of aryl methyl sites for hydroxylation is 2. The van der Waals surface area contributed by atoms with Gasteiger partial charge in [-0.3, -0.25) is 9.80 Å². The molecule has 0 saturated carbocycles. The molecule has 0 amide bonds. The topological polar surface area (TPSA) is 32.5 Å². The van der Waals surface area contributed by atoms with Gasteiger partial charge in [0.25, 0.3) is 0 Å². The van der Waals surface area contributed by atoms with Crippen LogP contribution in [-0.4, -0.2) is 48.1 Å². The Bertz CT molecular complexity index is 468. The Morgan fingerprint density at radius 3 is 2.24 bits per heavy atom. The normalized spacial score (nSPS) is 19.7. The van der Waals surface area contributed by atoms with E-state index in [9.17, 15) is 0 Å². The van der Waals surface area contributed by atoms with E-state index >= 15 is 0 Å². The van der Waals surface area contributed by atoms with Gasteiger partial charge in [0, 0.05) is 44.3 Å². The lowest BCUT2D eigenvalue weighted by Gasteiger charge is -2.44. The van der Waals surface area contributed by atoms with E-state index in [4.69, 9.17) is 5.73 Å². The van der Waals surface area contributed by atoms with Crippen LogP contribution in [0.4, 0.5) is 0 Å². The van der Waals surface area contributed by atoms with Crippen LogP contribution >= 0.6 is 0 Å². The van der Waals surface area contributed by atoms with Crippen molar-refractivity contribution in [3.05, 3.63) is 34.9 Å². The first-order valence-electron chi connectivity index (χ1n) is 8.09. The molecule has 1 atom stereocenters. The molecule has 1 aliphatic heterocycles. The van der Waals surface area contributed by atoms with Gasteiger partial charge in [-0.15, -0.1) is 0 Å².